The number of nitrogens with zero attached hydrogens (tertiary/aromatic N) is 1. The van der Waals surface area contributed by atoms with Crippen molar-refractivity contribution in [2.75, 3.05) is 6.54 Å². The van der Waals surface area contributed by atoms with E-state index in [0.29, 0.717) is 12.1 Å². The summed E-state index contributed by atoms with van der Waals surface area (Å²) in [7, 11) is 0. The Morgan fingerprint density at radius 2 is 1.88 bits per heavy atom. The van der Waals surface area contributed by atoms with Gasteiger partial charge < -0.3 is 20.7 Å². The van der Waals surface area contributed by atoms with Crippen molar-refractivity contribution in [1.29, 1.82) is 0 Å². The smallest absolute Gasteiger partial charge is 0.251 e. The summed E-state index contributed by atoms with van der Waals surface area (Å²) in [6.07, 6.45) is 1.47. The molecular formula is C18H24N3O3Y-. The maximum absolute atomic E-state index is 12.9. The van der Waals surface area contributed by atoms with Gasteiger partial charge in [0.15, 0.2) is 0 Å². The molecule has 1 radical (unpaired) electrons. The van der Waals surface area contributed by atoms with Gasteiger partial charge in [0.2, 0.25) is 5.91 Å². The monoisotopic (exact) mass is 419 g/mol. The fraction of sp³-hybridized carbons (Fsp3) is 0.500. The molecule has 7 heteroatoms. The maximum atomic E-state index is 12.9. The molecule has 2 N–H and O–H groups in total. The fourth-order valence-corrected chi connectivity index (χ4v) is 3.05. The summed E-state index contributed by atoms with van der Waals surface area (Å²) in [6, 6.07) is 7.21. The molecule has 0 aromatic heterocycles. The van der Waals surface area contributed by atoms with E-state index in [1.165, 1.54) is 4.90 Å². The Kier molecular flexibility index (Phi) is 7.75. The van der Waals surface area contributed by atoms with Gasteiger partial charge in [-0.1, -0.05) is 32.0 Å². The van der Waals surface area contributed by atoms with Crippen LogP contribution in [0.4, 0.5) is 0 Å². The normalized spacial score (nSPS) is 20.8. The molecule has 0 spiro atoms. The Bertz CT molecular complexity index is 634. The molecule has 1 aromatic rings. The van der Waals surface area contributed by atoms with Crippen LogP contribution in [-0.4, -0.2) is 41.2 Å². The van der Waals surface area contributed by atoms with Crippen LogP contribution in [0.3, 0.4) is 0 Å². The zero-order chi connectivity index (χ0) is 17.9. The molecular weight excluding hydrogens is 395 g/mol. The second-order valence-corrected chi connectivity index (χ2v) is 6.94. The summed E-state index contributed by atoms with van der Waals surface area (Å²) in [6.45, 7) is 5.86. The van der Waals surface area contributed by atoms with Crippen LogP contribution < -0.4 is 5.32 Å². The van der Waals surface area contributed by atoms with Crippen molar-refractivity contribution in [3.8, 4) is 0 Å². The van der Waals surface area contributed by atoms with Gasteiger partial charge in [-0.05, 0) is 37.3 Å². The molecule has 1 aliphatic rings. The van der Waals surface area contributed by atoms with E-state index in [1.807, 2.05) is 19.9 Å². The first-order chi connectivity index (χ1) is 11.2. The zero-order valence-corrected chi connectivity index (χ0v) is 17.8. The van der Waals surface area contributed by atoms with Gasteiger partial charge in [-0.3, -0.25) is 9.59 Å². The average molecular weight is 419 g/mol. The maximum Gasteiger partial charge on any atom is 0.251 e. The van der Waals surface area contributed by atoms with Gasteiger partial charge in [-0.25, -0.2) is 0 Å². The third-order valence-electron chi connectivity index (χ3n) is 4.69. The first-order valence-corrected chi connectivity index (χ1v) is 8.16. The predicted octanol–water partition coefficient (Wildman–Crippen LogP) is 2.40. The van der Waals surface area contributed by atoms with Crippen molar-refractivity contribution in [3.05, 3.63) is 41.6 Å². The quantitative estimate of drug-likeness (QED) is 0.813. The van der Waals surface area contributed by atoms with Crippen LogP contribution in [-0.2, 0) is 42.3 Å². The molecule has 133 valence electrons. The van der Waals surface area contributed by atoms with Crippen molar-refractivity contribution >= 4 is 17.7 Å². The van der Waals surface area contributed by atoms with E-state index >= 15 is 0 Å². The van der Waals surface area contributed by atoms with Gasteiger partial charge in [0.25, 0.3) is 5.91 Å². The average Bonchev–Trinajstić information content (AvgIpc) is 2.65. The predicted molar refractivity (Wildman–Crippen MR) is 91.2 cm³/mol. The number of benzene rings is 1. The van der Waals surface area contributed by atoms with Crippen LogP contribution >= 0.6 is 0 Å². The molecule has 2 rings (SSSR count). The van der Waals surface area contributed by atoms with Crippen molar-refractivity contribution in [2.45, 2.75) is 45.7 Å². The molecule has 0 unspecified atom stereocenters. The summed E-state index contributed by atoms with van der Waals surface area (Å²) in [5, 5.41) is 2.84. The summed E-state index contributed by atoms with van der Waals surface area (Å²) in [4.78, 5) is 38.2. The van der Waals surface area contributed by atoms with Gasteiger partial charge in [0.1, 0.15) is 6.04 Å². The van der Waals surface area contributed by atoms with E-state index in [9.17, 15) is 14.4 Å². The number of likely N-dealkylation sites (tertiary alicyclic amines) is 1. The molecule has 0 aliphatic carbocycles. The van der Waals surface area contributed by atoms with Gasteiger partial charge in [0, 0.05) is 44.8 Å². The van der Waals surface area contributed by atoms with Crippen molar-refractivity contribution < 1.29 is 47.1 Å². The Morgan fingerprint density at radius 1 is 1.28 bits per heavy atom. The number of nitrogens with one attached hydrogen (secondary N) is 2. The Balaban J connectivity index is 0.00000312. The SMILES string of the molecule is C[C@@H](C([NH-])=O)N1CCCC(C)(C)[C@H](NC(=O)c2ccccc2)C1=O.[Y]. The Labute approximate surface area is 173 Å². The molecule has 1 heterocycles. The minimum Gasteiger partial charge on any atom is -0.666 e. The van der Waals surface area contributed by atoms with Gasteiger partial charge in [-0.15, -0.1) is 0 Å². The van der Waals surface area contributed by atoms with Crippen molar-refractivity contribution in [1.82, 2.24) is 10.2 Å². The molecule has 1 aromatic carbocycles. The van der Waals surface area contributed by atoms with E-state index in [-0.39, 0.29) is 44.5 Å². The van der Waals surface area contributed by atoms with Crippen LogP contribution in [0, 0.1) is 5.41 Å². The third-order valence-corrected chi connectivity index (χ3v) is 4.69. The largest absolute Gasteiger partial charge is 0.666 e. The van der Waals surface area contributed by atoms with Gasteiger partial charge in [-0.2, -0.15) is 0 Å². The molecule has 3 amide bonds. The van der Waals surface area contributed by atoms with Crippen LogP contribution in [0.15, 0.2) is 30.3 Å². The standard InChI is InChI=1S/C18H25N3O3.Y/c1-12(15(19)22)21-11-7-10-18(2,3)14(17(21)24)20-16(23)13-8-5-4-6-9-13;/h4-6,8-9,12,14H,7,10-11H2,1-3H3,(H3,19,20,22,23);/p-1/t12-,14+;/m0./s1. The van der Waals surface area contributed by atoms with Crippen LogP contribution in [0.25, 0.3) is 5.73 Å². The minimum atomic E-state index is -0.803. The van der Waals surface area contributed by atoms with Crippen LogP contribution in [0.5, 0.6) is 0 Å². The first-order valence-electron chi connectivity index (χ1n) is 8.16. The number of amides is 3. The summed E-state index contributed by atoms with van der Waals surface area (Å²) in [5.41, 5.74) is 7.36. The number of rotatable bonds is 4. The van der Waals surface area contributed by atoms with E-state index in [4.69, 9.17) is 5.73 Å². The van der Waals surface area contributed by atoms with Gasteiger partial charge in [0.05, 0.1) is 11.9 Å². The van der Waals surface area contributed by atoms with E-state index in [1.54, 1.807) is 31.2 Å². The van der Waals surface area contributed by atoms with Crippen molar-refractivity contribution in [2.24, 2.45) is 5.41 Å². The molecule has 1 aliphatic heterocycles. The third kappa shape index (κ3) is 5.11. The number of carbonyl (C=O) groups excluding carboxylic acids is 3. The molecule has 1 saturated heterocycles. The molecule has 6 nitrogen and oxygen atoms in total. The minimum absolute atomic E-state index is 0. The van der Waals surface area contributed by atoms with E-state index in [2.05, 4.69) is 5.32 Å². The Hall–Kier alpha value is -1.27. The molecule has 25 heavy (non-hydrogen) atoms. The number of carbonyl (C=O) groups is 3. The fourth-order valence-electron chi connectivity index (χ4n) is 3.05. The van der Waals surface area contributed by atoms with Crippen LogP contribution in [0.1, 0.15) is 44.0 Å². The second-order valence-electron chi connectivity index (χ2n) is 6.94. The van der Waals surface area contributed by atoms with E-state index in [0.717, 1.165) is 12.8 Å². The number of hydrogen-bond acceptors (Lipinski definition) is 3. The summed E-state index contributed by atoms with van der Waals surface area (Å²) < 4.78 is 0. The topological polar surface area (TPSA) is 90.3 Å². The van der Waals surface area contributed by atoms with Crippen LogP contribution in [0.2, 0.25) is 0 Å². The van der Waals surface area contributed by atoms with Gasteiger partial charge >= 0.3 is 0 Å². The number of hydrogen-bond donors (Lipinski definition) is 1. The molecule has 1 fully saturated rings. The zero-order valence-electron chi connectivity index (χ0n) is 14.9. The first kappa shape index (κ1) is 21.8. The summed E-state index contributed by atoms with van der Waals surface area (Å²) in [5.74, 6) is -1.40. The Morgan fingerprint density at radius 3 is 2.44 bits per heavy atom. The molecule has 0 bridgehead atoms. The second kappa shape index (κ2) is 8.90. The van der Waals surface area contributed by atoms with E-state index < -0.39 is 23.4 Å². The molecule has 0 saturated carbocycles. The summed E-state index contributed by atoms with van der Waals surface area (Å²) >= 11 is 0. The molecule has 2 atom stereocenters. The van der Waals surface area contributed by atoms with Crippen molar-refractivity contribution in [3.63, 3.8) is 0 Å².